The minimum atomic E-state index is -0.231. The summed E-state index contributed by atoms with van der Waals surface area (Å²) >= 11 is 0. The summed E-state index contributed by atoms with van der Waals surface area (Å²) in [5.74, 6) is 1.74. The van der Waals surface area contributed by atoms with Crippen LogP contribution in [-0.2, 0) is 17.9 Å². The summed E-state index contributed by atoms with van der Waals surface area (Å²) in [6.07, 6.45) is 4.28. The third-order valence-electron chi connectivity index (χ3n) is 5.01. The quantitative estimate of drug-likeness (QED) is 0.554. The first-order valence-electron chi connectivity index (χ1n) is 9.99. The second kappa shape index (κ2) is 10.5. The number of carbonyl (C=O) groups is 1. The third-order valence-corrected chi connectivity index (χ3v) is 5.01. The molecule has 29 heavy (non-hydrogen) atoms. The van der Waals surface area contributed by atoms with Gasteiger partial charge in [0.2, 0.25) is 5.91 Å². The van der Waals surface area contributed by atoms with Crippen molar-refractivity contribution in [1.29, 1.82) is 0 Å². The summed E-state index contributed by atoms with van der Waals surface area (Å²) in [7, 11) is 1.79. The van der Waals surface area contributed by atoms with Gasteiger partial charge >= 0.3 is 0 Å². The van der Waals surface area contributed by atoms with Crippen molar-refractivity contribution in [3.63, 3.8) is 0 Å². The Kier molecular flexibility index (Phi) is 7.44. The van der Waals surface area contributed by atoms with Gasteiger partial charge in [0.1, 0.15) is 12.4 Å². The van der Waals surface area contributed by atoms with Gasteiger partial charge in [-0.05, 0) is 48.6 Å². The highest BCUT2D eigenvalue weighted by molar-refractivity contribution is 5.80. The molecule has 1 aliphatic heterocycles. The number of pyridine rings is 1. The fourth-order valence-corrected chi connectivity index (χ4v) is 3.57. The average Bonchev–Trinajstić information content (AvgIpc) is 2.74. The zero-order valence-electron chi connectivity index (χ0n) is 16.9. The summed E-state index contributed by atoms with van der Waals surface area (Å²) in [4.78, 5) is 22.1. The average molecular weight is 396 g/mol. The number of aliphatic imine (C=N–C) groups is 1. The number of carbonyl (C=O) groups excluding carboxylic acids is 1. The van der Waals surface area contributed by atoms with E-state index in [4.69, 9.17) is 10.5 Å². The zero-order chi connectivity index (χ0) is 20.5. The molecule has 7 heteroatoms. The first-order chi connectivity index (χ1) is 14.1. The lowest BCUT2D eigenvalue weighted by Crippen LogP contribution is -2.46. The minimum Gasteiger partial charge on any atom is -0.487 e. The number of piperidine rings is 1. The second-order valence-corrected chi connectivity index (χ2v) is 7.28. The van der Waals surface area contributed by atoms with Gasteiger partial charge < -0.3 is 20.7 Å². The number of benzene rings is 1. The first-order valence-corrected chi connectivity index (χ1v) is 9.99. The van der Waals surface area contributed by atoms with Crippen LogP contribution in [0.2, 0.25) is 0 Å². The van der Waals surface area contributed by atoms with Crippen molar-refractivity contribution in [3.05, 3.63) is 59.9 Å². The monoisotopic (exact) mass is 395 g/mol. The van der Waals surface area contributed by atoms with Crippen molar-refractivity contribution in [2.45, 2.75) is 32.4 Å². The van der Waals surface area contributed by atoms with E-state index in [9.17, 15) is 4.79 Å². The van der Waals surface area contributed by atoms with Crippen LogP contribution in [0.3, 0.4) is 0 Å². The summed E-state index contributed by atoms with van der Waals surface area (Å²) in [6.45, 7) is 2.87. The number of hydrogen-bond donors (Lipinski definition) is 2. The number of rotatable bonds is 7. The highest BCUT2D eigenvalue weighted by Gasteiger charge is 2.23. The number of nitrogens with one attached hydrogen (secondary N) is 1. The molecule has 1 saturated heterocycles. The SMILES string of the molecule is CN=C(NCc1ccc(OCc2ccccn2)cc1)N1CCCC(CC(N)=O)C1. The number of nitrogens with zero attached hydrogens (tertiary/aromatic N) is 3. The fourth-order valence-electron chi connectivity index (χ4n) is 3.57. The molecule has 1 atom stereocenters. The first kappa shape index (κ1) is 20.6. The summed E-state index contributed by atoms with van der Waals surface area (Å²) in [6, 6.07) is 13.8. The van der Waals surface area contributed by atoms with Gasteiger partial charge in [-0.15, -0.1) is 0 Å². The molecule has 0 spiro atoms. The molecule has 1 aromatic heterocycles. The van der Waals surface area contributed by atoms with Crippen LogP contribution in [-0.4, -0.2) is 41.9 Å². The van der Waals surface area contributed by atoms with Crippen molar-refractivity contribution in [1.82, 2.24) is 15.2 Å². The van der Waals surface area contributed by atoms with Gasteiger partial charge in [-0.2, -0.15) is 0 Å². The lowest BCUT2D eigenvalue weighted by atomic mass is 9.95. The number of primary amides is 1. The Morgan fingerprint density at radius 2 is 2.14 bits per heavy atom. The van der Waals surface area contributed by atoms with Crippen LogP contribution in [0.25, 0.3) is 0 Å². The molecule has 1 amide bonds. The summed E-state index contributed by atoms with van der Waals surface area (Å²) in [5, 5.41) is 3.42. The molecule has 0 bridgehead atoms. The number of likely N-dealkylation sites (tertiary alicyclic amines) is 1. The van der Waals surface area contributed by atoms with Crippen molar-refractivity contribution in [3.8, 4) is 5.75 Å². The van der Waals surface area contributed by atoms with E-state index in [1.54, 1.807) is 13.2 Å². The molecule has 0 saturated carbocycles. The standard InChI is InChI=1S/C22H29N5O2/c1-24-22(27-12-4-5-18(15-27)13-21(23)28)26-14-17-7-9-20(10-8-17)29-16-19-6-2-3-11-25-19/h2-3,6-11,18H,4-5,12-16H2,1H3,(H2,23,28)(H,24,26). The van der Waals surface area contributed by atoms with Gasteiger partial charge in [-0.3, -0.25) is 14.8 Å². The van der Waals surface area contributed by atoms with Crippen LogP contribution in [0.5, 0.6) is 5.75 Å². The number of guanidine groups is 1. The summed E-state index contributed by atoms with van der Waals surface area (Å²) in [5.41, 5.74) is 7.40. The molecule has 0 radical (unpaired) electrons. The largest absolute Gasteiger partial charge is 0.487 e. The Hall–Kier alpha value is -3.09. The van der Waals surface area contributed by atoms with Crippen LogP contribution in [0.1, 0.15) is 30.5 Å². The van der Waals surface area contributed by atoms with Crippen molar-refractivity contribution in [2.75, 3.05) is 20.1 Å². The molecular weight excluding hydrogens is 366 g/mol. The maximum atomic E-state index is 11.2. The molecule has 1 unspecified atom stereocenters. The van der Waals surface area contributed by atoms with E-state index in [0.29, 0.717) is 25.5 Å². The van der Waals surface area contributed by atoms with Crippen LogP contribution < -0.4 is 15.8 Å². The maximum absolute atomic E-state index is 11.2. The van der Waals surface area contributed by atoms with Gasteiger partial charge in [0.15, 0.2) is 5.96 Å². The van der Waals surface area contributed by atoms with E-state index in [-0.39, 0.29) is 5.91 Å². The number of amides is 1. The van der Waals surface area contributed by atoms with E-state index >= 15 is 0 Å². The maximum Gasteiger partial charge on any atom is 0.217 e. The minimum absolute atomic E-state index is 0.231. The molecule has 2 aromatic rings. The highest BCUT2D eigenvalue weighted by Crippen LogP contribution is 2.19. The zero-order valence-corrected chi connectivity index (χ0v) is 16.9. The Bertz CT molecular complexity index is 808. The van der Waals surface area contributed by atoms with E-state index in [1.165, 1.54) is 0 Å². The van der Waals surface area contributed by atoms with Crippen molar-refractivity contribution >= 4 is 11.9 Å². The third kappa shape index (κ3) is 6.48. The predicted molar refractivity (Wildman–Crippen MR) is 113 cm³/mol. The van der Waals surface area contributed by atoms with Crippen LogP contribution >= 0.6 is 0 Å². The molecule has 154 valence electrons. The summed E-state index contributed by atoms with van der Waals surface area (Å²) < 4.78 is 5.78. The van der Waals surface area contributed by atoms with Crippen LogP contribution in [0, 0.1) is 5.92 Å². The number of hydrogen-bond acceptors (Lipinski definition) is 4. The molecule has 1 fully saturated rings. The Labute approximate surface area is 172 Å². The Morgan fingerprint density at radius 1 is 1.31 bits per heavy atom. The molecule has 1 aromatic carbocycles. The lowest BCUT2D eigenvalue weighted by Gasteiger charge is -2.34. The topological polar surface area (TPSA) is 92.8 Å². The lowest BCUT2D eigenvalue weighted by molar-refractivity contribution is -0.119. The van der Waals surface area contributed by atoms with Gasteiger partial charge in [-0.25, -0.2) is 0 Å². The Morgan fingerprint density at radius 3 is 2.83 bits per heavy atom. The normalized spacial score (nSPS) is 17.1. The van der Waals surface area contributed by atoms with Crippen molar-refractivity contribution in [2.24, 2.45) is 16.6 Å². The molecule has 2 heterocycles. The number of aromatic nitrogens is 1. The highest BCUT2D eigenvalue weighted by atomic mass is 16.5. The number of ether oxygens (including phenoxy) is 1. The molecule has 3 rings (SSSR count). The van der Waals surface area contributed by atoms with Gasteiger partial charge in [0.25, 0.3) is 0 Å². The molecule has 1 aliphatic rings. The van der Waals surface area contributed by atoms with Crippen LogP contribution in [0.4, 0.5) is 0 Å². The van der Waals surface area contributed by atoms with Gasteiger partial charge in [-0.1, -0.05) is 18.2 Å². The molecular formula is C22H29N5O2. The van der Waals surface area contributed by atoms with Gasteiger partial charge in [0, 0.05) is 39.3 Å². The second-order valence-electron chi connectivity index (χ2n) is 7.28. The van der Waals surface area contributed by atoms with E-state index in [0.717, 1.165) is 48.9 Å². The van der Waals surface area contributed by atoms with Crippen molar-refractivity contribution < 1.29 is 9.53 Å². The fraction of sp³-hybridized carbons (Fsp3) is 0.409. The van der Waals surface area contributed by atoms with Gasteiger partial charge in [0.05, 0.1) is 5.69 Å². The van der Waals surface area contributed by atoms with E-state index in [1.807, 2.05) is 42.5 Å². The van der Waals surface area contributed by atoms with Crippen LogP contribution in [0.15, 0.2) is 53.7 Å². The number of nitrogens with two attached hydrogens (primary N) is 1. The predicted octanol–water partition coefficient (Wildman–Crippen LogP) is 2.32. The molecule has 0 aliphatic carbocycles. The van der Waals surface area contributed by atoms with E-state index in [2.05, 4.69) is 20.2 Å². The smallest absolute Gasteiger partial charge is 0.217 e. The van der Waals surface area contributed by atoms with E-state index < -0.39 is 0 Å². The molecule has 3 N–H and O–H groups in total. The Balaban J connectivity index is 1.48. The molecule has 7 nitrogen and oxygen atoms in total.